The first-order valence-electron chi connectivity index (χ1n) is 10.8. The highest BCUT2D eigenvalue weighted by atomic mass is 127. The lowest BCUT2D eigenvalue weighted by Gasteiger charge is -2.27. The van der Waals surface area contributed by atoms with Gasteiger partial charge in [0, 0.05) is 38.0 Å². The molecule has 0 bridgehead atoms. The van der Waals surface area contributed by atoms with Crippen LogP contribution in [0, 0.1) is 0 Å². The van der Waals surface area contributed by atoms with E-state index in [1.807, 2.05) is 41.5 Å². The lowest BCUT2D eigenvalue weighted by atomic mass is 10.1. The zero-order valence-corrected chi connectivity index (χ0v) is 22.9. The number of aliphatic imine (C=N–C) groups is 1. The number of anilines is 1. The van der Waals surface area contributed by atoms with Gasteiger partial charge in [-0.25, -0.2) is 9.78 Å². The van der Waals surface area contributed by atoms with Gasteiger partial charge in [0.25, 0.3) is 0 Å². The molecule has 0 radical (unpaired) electrons. The van der Waals surface area contributed by atoms with Gasteiger partial charge in [-0.05, 0) is 54.4 Å². The highest BCUT2D eigenvalue weighted by Gasteiger charge is 2.24. The molecule has 1 amide bonds. The molecule has 2 rings (SSSR count). The second-order valence-corrected chi connectivity index (χ2v) is 10.0. The van der Waals surface area contributed by atoms with Gasteiger partial charge in [-0.1, -0.05) is 0 Å². The molecule has 1 aromatic rings. The van der Waals surface area contributed by atoms with Crippen molar-refractivity contribution < 1.29 is 9.53 Å². The zero-order chi connectivity index (χ0) is 22.2. The van der Waals surface area contributed by atoms with E-state index < -0.39 is 17.2 Å². The van der Waals surface area contributed by atoms with Crippen LogP contribution in [-0.4, -0.2) is 60.9 Å². The van der Waals surface area contributed by atoms with Crippen LogP contribution in [-0.2, 0) is 11.2 Å². The maximum atomic E-state index is 12.0. The molecular formula is C21H39IN6O2S. The Kier molecular flexibility index (Phi) is 11.3. The standard InChI is InChI=1S/C21H38N6O2S.HI/c1-7-22-17(24-15-21(5,6)26-19(28)29-20(2,3)4)23-11-10-16-14-30-18(25-16)27-12-8-9-13-27;/h14H,7-13,15H2,1-6H3,(H,26,28)(H2,22,23,24);1H. The number of thiazole rings is 1. The van der Waals surface area contributed by atoms with Crippen LogP contribution in [0.3, 0.4) is 0 Å². The summed E-state index contributed by atoms with van der Waals surface area (Å²) in [6.07, 6.45) is 2.93. The molecule has 0 spiro atoms. The molecule has 1 aromatic heterocycles. The molecule has 2 heterocycles. The molecule has 1 aliphatic rings. The van der Waals surface area contributed by atoms with Gasteiger partial charge in [-0.2, -0.15) is 0 Å². The van der Waals surface area contributed by atoms with Crippen LogP contribution in [0.1, 0.15) is 60.1 Å². The minimum Gasteiger partial charge on any atom is -0.444 e. The maximum Gasteiger partial charge on any atom is 0.408 e. The summed E-state index contributed by atoms with van der Waals surface area (Å²) >= 11 is 1.73. The van der Waals surface area contributed by atoms with E-state index in [1.165, 1.54) is 12.8 Å². The number of carbonyl (C=O) groups excluding carboxylic acids is 1. The minimum absolute atomic E-state index is 0. The third-order valence-corrected chi connectivity index (χ3v) is 5.36. The van der Waals surface area contributed by atoms with Crippen LogP contribution in [0.4, 0.5) is 9.93 Å². The summed E-state index contributed by atoms with van der Waals surface area (Å²) < 4.78 is 5.34. The number of aromatic nitrogens is 1. The van der Waals surface area contributed by atoms with Crippen molar-refractivity contribution in [1.29, 1.82) is 0 Å². The predicted molar refractivity (Wildman–Crippen MR) is 140 cm³/mol. The summed E-state index contributed by atoms with van der Waals surface area (Å²) in [7, 11) is 0. The van der Waals surface area contributed by atoms with E-state index in [0.717, 1.165) is 49.4 Å². The van der Waals surface area contributed by atoms with Gasteiger partial charge < -0.3 is 25.6 Å². The molecule has 3 N–H and O–H groups in total. The number of carbonyl (C=O) groups is 1. The van der Waals surface area contributed by atoms with Gasteiger partial charge in [0.05, 0.1) is 17.8 Å². The second-order valence-electron chi connectivity index (χ2n) is 9.20. The zero-order valence-electron chi connectivity index (χ0n) is 19.7. The maximum absolute atomic E-state index is 12.0. The molecule has 1 fully saturated rings. The molecule has 1 saturated heterocycles. The lowest BCUT2D eigenvalue weighted by molar-refractivity contribution is 0.0476. The van der Waals surface area contributed by atoms with Crippen molar-refractivity contribution in [2.75, 3.05) is 37.6 Å². The smallest absolute Gasteiger partial charge is 0.408 e. The van der Waals surface area contributed by atoms with Gasteiger partial charge in [-0.15, -0.1) is 35.3 Å². The monoisotopic (exact) mass is 566 g/mol. The minimum atomic E-state index is -0.524. The summed E-state index contributed by atoms with van der Waals surface area (Å²) in [6, 6.07) is 0. The number of hydrogen-bond acceptors (Lipinski definition) is 6. The lowest BCUT2D eigenvalue weighted by Crippen LogP contribution is -2.49. The Labute approximate surface area is 208 Å². The van der Waals surface area contributed by atoms with Gasteiger partial charge in [0.15, 0.2) is 11.1 Å². The van der Waals surface area contributed by atoms with E-state index >= 15 is 0 Å². The molecular weight excluding hydrogens is 527 g/mol. The molecule has 0 atom stereocenters. The molecule has 31 heavy (non-hydrogen) atoms. The summed E-state index contributed by atoms with van der Waals surface area (Å²) in [5.74, 6) is 0.728. The van der Waals surface area contributed by atoms with Crippen molar-refractivity contribution in [3.63, 3.8) is 0 Å². The molecule has 0 aromatic carbocycles. The van der Waals surface area contributed by atoms with E-state index in [-0.39, 0.29) is 24.0 Å². The normalized spacial score (nSPS) is 14.8. The largest absolute Gasteiger partial charge is 0.444 e. The number of amides is 1. The van der Waals surface area contributed by atoms with E-state index in [0.29, 0.717) is 6.54 Å². The Bertz CT molecular complexity index is 711. The first-order valence-corrected chi connectivity index (χ1v) is 11.7. The molecule has 1 aliphatic heterocycles. The van der Waals surface area contributed by atoms with Crippen LogP contribution < -0.4 is 20.9 Å². The SMILES string of the molecule is CCNC(=NCC(C)(C)NC(=O)OC(C)(C)C)NCCc1csc(N2CCCC2)n1.I. The number of nitrogens with one attached hydrogen (secondary N) is 3. The molecule has 0 saturated carbocycles. The van der Waals surface area contributed by atoms with Crippen LogP contribution >= 0.6 is 35.3 Å². The highest BCUT2D eigenvalue weighted by molar-refractivity contribution is 14.0. The van der Waals surface area contributed by atoms with Crippen LogP contribution in [0.5, 0.6) is 0 Å². The number of ether oxygens (including phenoxy) is 1. The van der Waals surface area contributed by atoms with E-state index in [1.54, 1.807) is 11.3 Å². The van der Waals surface area contributed by atoms with E-state index in [4.69, 9.17) is 9.72 Å². The predicted octanol–water partition coefficient (Wildman–Crippen LogP) is 3.76. The topological polar surface area (TPSA) is 90.9 Å². The fourth-order valence-electron chi connectivity index (χ4n) is 3.01. The van der Waals surface area contributed by atoms with Crippen molar-refractivity contribution in [3.8, 4) is 0 Å². The Morgan fingerprint density at radius 3 is 2.52 bits per heavy atom. The summed E-state index contributed by atoms with van der Waals surface area (Å²) in [5.41, 5.74) is 0.0613. The number of nitrogens with zero attached hydrogens (tertiary/aromatic N) is 3. The van der Waals surface area contributed by atoms with Gasteiger partial charge in [0.2, 0.25) is 0 Å². The van der Waals surface area contributed by atoms with Crippen molar-refractivity contribution in [2.45, 2.75) is 71.9 Å². The second kappa shape index (κ2) is 12.7. The Morgan fingerprint density at radius 2 is 1.90 bits per heavy atom. The van der Waals surface area contributed by atoms with Crippen molar-refractivity contribution >= 4 is 52.5 Å². The Hall–Kier alpha value is -1.30. The molecule has 0 aliphatic carbocycles. The summed E-state index contributed by atoms with van der Waals surface area (Å²) in [6.45, 7) is 15.6. The first-order chi connectivity index (χ1) is 14.1. The summed E-state index contributed by atoms with van der Waals surface area (Å²) in [5, 5.41) is 12.8. The fraction of sp³-hybridized carbons (Fsp3) is 0.762. The fourth-order valence-corrected chi connectivity index (χ4v) is 3.93. The molecule has 0 unspecified atom stereocenters. The van der Waals surface area contributed by atoms with Crippen LogP contribution in [0.25, 0.3) is 0 Å². The third-order valence-electron chi connectivity index (χ3n) is 4.41. The Morgan fingerprint density at radius 1 is 1.23 bits per heavy atom. The molecule has 10 heteroatoms. The van der Waals surface area contributed by atoms with Gasteiger partial charge >= 0.3 is 6.09 Å². The number of halogens is 1. The average Bonchev–Trinajstić information content (AvgIpc) is 3.29. The number of alkyl carbamates (subject to hydrolysis) is 1. The number of rotatable bonds is 8. The third kappa shape index (κ3) is 10.7. The van der Waals surface area contributed by atoms with E-state index in [2.05, 4.69) is 31.2 Å². The van der Waals surface area contributed by atoms with Crippen molar-refractivity contribution in [2.24, 2.45) is 4.99 Å². The number of hydrogen-bond donors (Lipinski definition) is 3. The van der Waals surface area contributed by atoms with Gasteiger partial charge in [0.1, 0.15) is 5.60 Å². The first kappa shape index (κ1) is 27.7. The van der Waals surface area contributed by atoms with E-state index in [9.17, 15) is 4.79 Å². The number of guanidine groups is 1. The van der Waals surface area contributed by atoms with Crippen LogP contribution in [0.15, 0.2) is 10.4 Å². The highest BCUT2D eigenvalue weighted by Crippen LogP contribution is 2.24. The summed E-state index contributed by atoms with van der Waals surface area (Å²) in [4.78, 5) is 23.8. The van der Waals surface area contributed by atoms with Gasteiger partial charge in [-0.3, -0.25) is 4.99 Å². The molecule has 178 valence electrons. The van der Waals surface area contributed by atoms with Crippen molar-refractivity contribution in [3.05, 3.63) is 11.1 Å². The average molecular weight is 567 g/mol. The van der Waals surface area contributed by atoms with Crippen LogP contribution in [0.2, 0.25) is 0 Å². The quantitative estimate of drug-likeness (QED) is 0.252. The molecule has 8 nitrogen and oxygen atoms in total. The Balaban J connectivity index is 0.00000480. The van der Waals surface area contributed by atoms with Crippen molar-refractivity contribution in [1.82, 2.24) is 20.9 Å².